The average molecular weight is 284 g/mol. The quantitative estimate of drug-likeness (QED) is 0.915. The fourth-order valence-electron chi connectivity index (χ4n) is 2.43. The van der Waals surface area contributed by atoms with Crippen LogP contribution in [0.4, 0.5) is 0 Å². The lowest BCUT2D eigenvalue weighted by molar-refractivity contribution is 0.240. The molecule has 0 aromatic heterocycles. The summed E-state index contributed by atoms with van der Waals surface area (Å²) >= 11 is 8.23. The highest BCUT2D eigenvalue weighted by Gasteiger charge is 2.21. The van der Waals surface area contributed by atoms with Gasteiger partial charge in [0.05, 0.1) is 5.02 Å². The Balaban J connectivity index is 1.70. The summed E-state index contributed by atoms with van der Waals surface area (Å²) in [4.78, 5) is 0. The molecule has 2 fully saturated rings. The summed E-state index contributed by atoms with van der Waals surface area (Å²) in [5, 5.41) is 4.29. The van der Waals surface area contributed by atoms with Crippen molar-refractivity contribution in [2.75, 3.05) is 18.1 Å². The molecule has 2 heterocycles. The summed E-state index contributed by atoms with van der Waals surface area (Å²) in [6, 6.07) is 6.70. The van der Waals surface area contributed by atoms with Crippen molar-refractivity contribution >= 4 is 23.4 Å². The van der Waals surface area contributed by atoms with Crippen LogP contribution in [0.3, 0.4) is 0 Å². The molecule has 1 N–H and O–H groups in total. The van der Waals surface area contributed by atoms with E-state index in [-0.39, 0.29) is 0 Å². The van der Waals surface area contributed by atoms with E-state index in [1.165, 1.54) is 24.8 Å². The zero-order valence-corrected chi connectivity index (χ0v) is 11.9. The average Bonchev–Trinajstić information content (AvgIpc) is 2.36. The van der Waals surface area contributed by atoms with Gasteiger partial charge in [0.15, 0.2) is 0 Å². The van der Waals surface area contributed by atoms with Crippen molar-refractivity contribution in [2.45, 2.75) is 31.4 Å². The van der Waals surface area contributed by atoms with Gasteiger partial charge in [0.2, 0.25) is 0 Å². The molecule has 98 valence electrons. The van der Waals surface area contributed by atoms with Gasteiger partial charge in [-0.25, -0.2) is 0 Å². The first-order valence-corrected chi connectivity index (χ1v) is 8.13. The Kier molecular flexibility index (Phi) is 4.02. The molecule has 3 rings (SSSR count). The molecule has 2 nitrogen and oxygen atoms in total. The number of nitrogens with one attached hydrogen (secondary N) is 1. The summed E-state index contributed by atoms with van der Waals surface area (Å²) in [5.74, 6) is 3.01. The Morgan fingerprint density at radius 2 is 2.17 bits per heavy atom. The second-order valence-electron chi connectivity index (χ2n) is 4.97. The van der Waals surface area contributed by atoms with Crippen LogP contribution in [0.2, 0.25) is 5.02 Å². The van der Waals surface area contributed by atoms with Gasteiger partial charge >= 0.3 is 0 Å². The van der Waals surface area contributed by atoms with Gasteiger partial charge in [0.1, 0.15) is 11.9 Å². The van der Waals surface area contributed by atoms with Crippen molar-refractivity contribution in [2.24, 2.45) is 0 Å². The van der Waals surface area contributed by atoms with Crippen molar-refractivity contribution in [3.63, 3.8) is 0 Å². The van der Waals surface area contributed by atoms with Crippen LogP contribution >= 0.6 is 23.4 Å². The van der Waals surface area contributed by atoms with E-state index in [0.717, 1.165) is 28.8 Å². The van der Waals surface area contributed by atoms with Crippen LogP contribution in [0, 0.1) is 0 Å². The molecule has 1 aromatic rings. The summed E-state index contributed by atoms with van der Waals surface area (Å²) < 4.78 is 5.85. The lowest BCUT2D eigenvalue weighted by atomic mass is 9.97. The molecule has 0 bridgehead atoms. The summed E-state index contributed by atoms with van der Waals surface area (Å²) in [6.45, 7) is 1.11. The van der Waals surface area contributed by atoms with Gasteiger partial charge < -0.3 is 10.1 Å². The molecule has 0 radical (unpaired) electrons. The molecule has 2 saturated heterocycles. The Bertz CT molecular complexity index is 416. The molecular weight excluding hydrogens is 266 g/mol. The van der Waals surface area contributed by atoms with Gasteiger partial charge in [-0.1, -0.05) is 24.1 Å². The molecule has 1 atom stereocenters. The highest BCUT2D eigenvalue weighted by Crippen LogP contribution is 2.33. The van der Waals surface area contributed by atoms with Gasteiger partial charge in [-0.15, -0.1) is 0 Å². The number of benzene rings is 1. The monoisotopic (exact) mass is 283 g/mol. The number of rotatable bonds is 3. The summed E-state index contributed by atoms with van der Waals surface area (Å²) in [7, 11) is 0. The first-order valence-electron chi connectivity index (χ1n) is 6.60. The third-order valence-electron chi connectivity index (χ3n) is 3.57. The first-order chi connectivity index (χ1) is 8.83. The van der Waals surface area contributed by atoms with Gasteiger partial charge in [0.25, 0.3) is 0 Å². The Hall–Kier alpha value is -0.380. The molecule has 4 heteroatoms. The number of ether oxygens (including phenoxy) is 1. The minimum atomic E-state index is 0.353. The van der Waals surface area contributed by atoms with Gasteiger partial charge in [0, 0.05) is 17.5 Å². The lowest BCUT2D eigenvalue weighted by Crippen LogP contribution is -2.31. The predicted octanol–water partition coefficient (Wildman–Crippen LogP) is 3.65. The molecule has 0 saturated carbocycles. The van der Waals surface area contributed by atoms with E-state index < -0.39 is 0 Å². The van der Waals surface area contributed by atoms with Crippen molar-refractivity contribution in [1.29, 1.82) is 0 Å². The molecule has 1 unspecified atom stereocenters. The molecule has 2 aliphatic rings. The molecule has 0 amide bonds. The second-order valence-corrected chi connectivity index (χ2v) is 6.45. The Morgan fingerprint density at radius 1 is 1.28 bits per heavy atom. The Morgan fingerprint density at radius 3 is 2.78 bits per heavy atom. The van der Waals surface area contributed by atoms with Crippen molar-refractivity contribution < 1.29 is 4.74 Å². The minimum Gasteiger partial charge on any atom is -0.487 e. The second kappa shape index (κ2) is 5.72. The van der Waals surface area contributed by atoms with Crippen LogP contribution in [0.1, 0.15) is 30.9 Å². The lowest BCUT2D eigenvalue weighted by Gasteiger charge is -2.27. The minimum absolute atomic E-state index is 0.353. The standard InChI is InChI=1S/C14H18ClNOS/c15-12-7-10(13-3-1-2-6-16-13)4-5-14(12)17-11-8-18-9-11/h4-5,7,11,13,16H,1-3,6,8-9H2. The molecular formula is C14H18ClNOS. The van der Waals surface area contributed by atoms with Gasteiger partial charge in [-0.05, 0) is 37.1 Å². The van der Waals surface area contributed by atoms with E-state index in [1.807, 2.05) is 17.8 Å². The highest BCUT2D eigenvalue weighted by atomic mass is 35.5. The first kappa shape index (κ1) is 12.6. The fraction of sp³-hybridized carbons (Fsp3) is 0.571. The third kappa shape index (κ3) is 2.79. The molecule has 0 aliphatic carbocycles. The topological polar surface area (TPSA) is 21.3 Å². The van der Waals surface area contributed by atoms with E-state index in [2.05, 4.69) is 17.4 Å². The van der Waals surface area contributed by atoms with Crippen LogP contribution in [0.5, 0.6) is 5.75 Å². The number of halogens is 1. The van der Waals surface area contributed by atoms with Gasteiger partial charge in [-0.2, -0.15) is 11.8 Å². The zero-order valence-electron chi connectivity index (χ0n) is 10.3. The van der Waals surface area contributed by atoms with Crippen molar-refractivity contribution in [1.82, 2.24) is 5.32 Å². The third-order valence-corrected chi connectivity index (χ3v) is 5.08. The van der Waals surface area contributed by atoms with Crippen LogP contribution in [0.25, 0.3) is 0 Å². The SMILES string of the molecule is Clc1cc(C2CCCCN2)ccc1OC1CSC1. The predicted molar refractivity (Wildman–Crippen MR) is 77.8 cm³/mol. The number of hydrogen-bond donors (Lipinski definition) is 1. The zero-order chi connectivity index (χ0) is 12.4. The van der Waals surface area contributed by atoms with E-state index in [0.29, 0.717) is 12.1 Å². The van der Waals surface area contributed by atoms with Crippen LogP contribution < -0.4 is 10.1 Å². The van der Waals surface area contributed by atoms with Crippen molar-refractivity contribution in [3.8, 4) is 5.75 Å². The molecule has 2 aliphatic heterocycles. The van der Waals surface area contributed by atoms with E-state index >= 15 is 0 Å². The van der Waals surface area contributed by atoms with E-state index in [1.54, 1.807) is 0 Å². The fourth-order valence-corrected chi connectivity index (χ4v) is 3.23. The Labute approximate surface area is 117 Å². The van der Waals surface area contributed by atoms with Crippen molar-refractivity contribution in [3.05, 3.63) is 28.8 Å². The highest BCUT2D eigenvalue weighted by molar-refractivity contribution is 8.00. The number of piperidine rings is 1. The maximum absolute atomic E-state index is 6.31. The smallest absolute Gasteiger partial charge is 0.138 e. The molecule has 1 aromatic carbocycles. The number of thioether (sulfide) groups is 1. The number of hydrogen-bond acceptors (Lipinski definition) is 3. The summed E-state index contributed by atoms with van der Waals surface area (Å²) in [5.41, 5.74) is 1.29. The maximum atomic E-state index is 6.31. The molecule has 0 spiro atoms. The normalized spacial score (nSPS) is 24.6. The van der Waals surface area contributed by atoms with Crippen LogP contribution in [-0.2, 0) is 0 Å². The van der Waals surface area contributed by atoms with Gasteiger partial charge in [-0.3, -0.25) is 0 Å². The van der Waals surface area contributed by atoms with E-state index in [4.69, 9.17) is 16.3 Å². The largest absolute Gasteiger partial charge is 0.487 e. The van der Waals surface area contributed by atoms with Crippen LogP contribution in [-0.4, -0.2) is 24.2 Å². The van der Waals surface area contributed by atoms with Crippen LogP contribution in [0.15, 0.2) is 18.2 Å². The maximum Gasteiger partial charge on any atom is 0.138 e. The molecule has 18 heavy (non-hydrogen) atoms. The summed E-state index contributed by atoms with van der Waals surface area (Å²) in [6.07, 6.45) is 4.14. The van der Waals surface area contributed by atoms with E-state index in [9.17, 15) is 0 Å².